The van der Waals surface area contributed by atoms with E-state index in [9.17, 15) is 4.79 Å². The van der Waals surface area contributed by atoms with Gasteiger partial charge in [0.15, 0.2) is 0 Å². The van der Waals surface area contributed by atoms with Gasteiger partial charge in [-0.25, -0.2) is 4.79 Å². The second-order valence-electron chi connectivity index (χ2n) is 7.46. The van der Waals surface area contributed by atoms with Crippen molar-refractivity contribution in [1.29, 1.82) is 0 Å². The Morgan fingerprint density at radius 2 is 1.77 bits per heavy atom. The molecule has 136 valence electrons. The van der Waals surface area contributed by atoms with Crippen LogP contribution >= 0.6 is 11.9 Å². The van der Waals surface area contributed by atoms with E-state index >= 15 is 0 Å². The number of fused-ring (bicyclic) bond motifs is 2. The zero-order chi connectivity index (χ0) is 18.1. The van der Waals surface area contributed by atoms with Gasteiger partial charge in [-0.3, -0.25) is 9.71 Å². The number of pyridine rings is 1. The van der Waals surface area contributed by atoms with E-state index in [1.165, 1.54) is 47.0 Å². The molecule has 2 aromatic rings. The number of benzene rings is 1. The molecule has 0 unspecified atom stereocenters. The molecule has 0 atom stereocenters. The van der Waals surface area contributed by atoms with Gasteiger partial charge in [0.05, 0.1) is 0 Å². The monoisotopic (exact) mass is 367 g/mol. The molecule has 0 radical (unpaired) electrons. The minimum atomic E-state index is -0.146. The molecule has 1 aromatic carbocycles. The van der Waals surface area contributed by atoms with E-state index in [0.29, 0.717) is 5.92 Å². The second kappa shape index (κ2) is 7.31. The van der Waals surface area contributed by atoms with E-state index in [1.807, 2.05) is 12.1 Å². The quantitative estimate of drug-likeness (QED) is 0.747. The van der Waals surface area contributed by atoms with Crippen LogP contribution in [0, 0.1) is 0 Å². The number of carbonyl (C=O) groups is 1. The molecular weight excluding hydrogens is 342 g/mol. The predicted molar refractivity (Wildman–Crippen MR) is 107 cm³/mol. The molecule has 4 rings (SSSR count). The van der Waals surface area contributed by atoms with Crippen molar-refractivity contribution in [2.75, 3.05) is 5.32 Å². The molecule has 0 bridgehead atoms. The maximum Gasteiger partial charge on any atom is 0.329 e. The van der Waals surface area contributed by atoms with E-state index in [0.717, 1.165) is 42.0 Å². The zero-order valence-corrected chi connectivity index (χ0v) is 16.2. The molecule has 26 heavy (non-hydrogen) atoms. The van der Waals surface area contributed by atoms with Gasteiger partial charge in [0, 0.05) is 22.5 Å². The number of hydrogen-bond acceptors (Lipinski definition) is 3. The van der Waals surface area contributed by atoms with Crippen LogP contribution in [0.1, 0.15) is 60.6 Å². The average Bonchev–Trinajstić information content (AvgIpc) is 3.29. The van der Waals surface area contributed by atoms with Gasteiger partial charge in [-0.15, -0.1) is 0 Å². The van der Waals surface area contributed by atoms with Crippen LogP contribution in [0.25, 0.3) is 0 Å². The van der Waals surface area contributed by atoms with Gasteiger partial charge in [-0.05, 0) is 90.8 Å². The molecule has 0 aliphatic heterocycles. The highest BCUT2D eigenvalue weighted by Crippen LogP contribution is 2.38. The fraction of sp³-hybridized carbons (Fsp3) is 0.429. The number of urea groups is 1. The first-order valence-corrected chi connectivity index (χ1v) is 10.3. The van der Waals surface area contributed by atoms with Gasteiger partial charge in [-0.1, -0.05) is 19.9 Å². The minimum Gasteiger partial charge on any atom is -0.307 e. The number of nitrogens with zero attached hydrogens (tertiary/aromatic N) is 1. The van der Waals surface area contributed by atoms with Crippen molar-refractivity contribution in [2.45, 2.75) is 63.2 Å². The molecule has 5 heteroatoms. The Bertz CT molecular complexity index is 815. The van der Waals surface area contributed by atoms with E-state index in [-0.39, 0.29) is 6.03 Å². The van der Waals surface area contributed by atoms with E-state index < -0.39 is 0 Å². The number of aryl methyl sites for hydroxylation is 2. The first-order chi connectivity index (χ1) is 12.6. The van der Waals surface area contributed by atoms with Crippen LogP contribution in [0.3, 0.4) is 0 Å². The molecule has 2 N–H and O–H groups in total. The lowest BCUT2D eigenvalue weighted by Crippen LogP contribution is -2.24. The Morgan fingerprint density at radius 3 is 2.42 bits per heavy atom. The van der Waals surface area contributed by atoms with Crippen LogP contribution < -0.4 is 10.0 Å². The fourth-order valence-electron chi connectivity index (χ4n) is 4.02. The Labute approximate surface area is 159 Å². The average molecular weight is 368 g/mol. The highest BCUT2D eigenvalue weighted by molar-refractivity contribution is 7.98. The van der Waals surface area contributed by atoms with E-state index in [1.54, 1.807) is 6.20 Å². The smallest absolute Gasteiger partial charge is 0.307 e. The Balaban J connectivity index is 1.47. The molecule has 0 saturated heterocycles. The topological polar surface area (TPSA) is 54.0 Å². The van der Waals surface area contributed by atoms with Gasteiger partial charge in [0.25, 0.3) is 0 Å². The van der Waals surface area contributed by atoms with Crippen LogP contribution in [0.2, 0.25) is 0 Å². The number of rotatable bonds is 4. The first-order valence-electron chi connectivity index (χ1n) is 9.48. The minimum absolute atomic E-state index is 0.146. The third-order valence-corrected chi connectivity index (χ3v) is 6.09. The number of carbonyl (C=O) groups excluding carboxylic acids is 1. The van der Waals surface area contributed by atoms with Gasteiger partial charge >= 0.3 is 6.03 Å². The number of aromatic nitrogens is 1. The Morgan fingerprint density at radius 1 is 1.08 bits per heavy atom. The lowest BCUT2D eigenvalue weighted by atomic mass is 9.99. The van der Waals surface area contributed by atoms with Crippen molar-refractivity contribution in [3.63, 3.8) is 0 Å². The summed E-state index contributed by atoms with van der Waals surface area (Å²) in [5.74, 6) is 0.374. The van der Waals surface area contributed by atoms with Crippen LogP contribution in [0.15, 0.2) is 29.3 Å². The second-order valence-corrected chi connectivity index (χ2v) is 8.34. The predicted octanol–water partition coefficient (Wildman–Crippen LogP) is 5.01. The first kappa shape index (κ1) is 17.4. The Kier molecular flexibility index (Phi) is 4.90. The van der Waals surface area contributed by atoms with Gasteiger partial charge in [0.1, 0.15) is 0 Å². The molecular formula is C21H25N3OS. The zero-order valence-electron chi connectivity index (χ0n) is 15.4. The summed E-state index contributed by atoms with van der Waals surface area (Å²) in [6.45, 7) is 4.24. The molecule has 0 spiro atoms. The van der Waals surface area contributed by atoms with Crippen molar-refractivity contribution >= 4 is 23.7 Å². The molecule has 2 aliphatic rings. The van der Waals surface area contributed by atoms with Crippen LogP contribution in [-0.2, 0) is 25.7 Å². The largest absolute Gasteiger partial charge is 0.329 e. The Hall–Kier alpha value is -2.01. The molecule has 0 saturated carbocycles. The van der Waals surface area contributed by atoms with Crippen molar-refractivity contribution < 1.29 is 4.79 Å². The van der Waals surface area contributed by atoms with Gasteiger partial charge in [0.2, 0.25) is 0 Å². The van der Waals surface area contributed by atoms with Crippen molar-refractivity contribution in [2.24, 2.45) is 0 Å². The summed E-state index contributed by atoms with van der Waals surface area (Å²) < 4.78 is 2.93. The van der Waals surface area contributed by atoms with Gasteiger partial charge < -0.3 is 5.32 Å². The van der Waals surface area contributed by atoms with E-state index in [4.69, 9.17) is 0 Å². The fourth-order valence-corrected chi connectivity index (χ4v) is 4.59. The normalized spacial score (nSPS) is 15.0. The summed E-state index contributed by atoms with van der Waals surface area (Å²) in [5, 5.41) is 3.16. The molecule has 1 heterocycles. The van der Waals surface area contributed by atoms with Crippen LogP contribution in [0.4, 0.5) is 10.5 Å². The highest BCUT2D eigenvalue weighted by atomic mass is 32.2. The molecule has 0 fully saturated rings. The third kappa shape index (κ3) is 3.45. The summed E-state index contributed by atoms with van der Waals surface area (Å²) in [6, 6.07) is 6.20. The lowest BCUT2D eigenvalue weighted by molar-refractivity contribution is 0.257. The van der Waals surface area contributed by atoms with E-state index in [2.05, 4.69) is 34.9 Å². The maximum absolute atomic E-state index is 12.5. The summed E-state index contributed by atoms with van der Waals surface area (Å²) in [5.41, 5.74) is 7.71. The van der Waals surface area contributed by atoms with Crippen molar-refractivity contribution in [1.82, 2.24) is 9.71 Å². The van der Waals surface area contributed by atoms with Crippen molar-refractivity contribution in [3.05, 3.63) is 52.3 Å². The van der Waals surface area contributed by atoms with Crippen LogP contribution in [-0.4, -0.2) is 11.0 Å². The SMILES string of the molecule is CC(C)c1cc(SNC(=O)Nc2c3c(cc4c2CCC4)CCC3)ccn1. The summed E-state index contributed by atoms with van der Waals surface area (Å²) in [7, 11) is 0. The van der Waals surface area contributed by atoms with Crippen molar-refractivity contribution in [3.8, 4) is 0 Å². The van der Waals surface area contributed by atoms with Gasteiger partial charge in [-0.2, -0.15) is 0 Å². The highest BCUT2D eigenvalue weighted by Gasteiger charge is 2.24. The molecule has 2 amide bonds. The molecule has 4 nitrogen and oxygen atoms in total. The number of amides is 2. The molecule has 1 aromatic heterocycles. The maximum atomic E-state index is 12.5. The number of hydrogen-bond donors (Lipinski definition) is 2. The summed E-state index contributed by atoms with van der Waals surface area (Å²) in [4.78, 5) is 17.9. The summed E-state index contributed by atoms with van der Waals surface area (Å²) >= 11 is 1.34. The standard InChI is InChI=1S/C21H25N3OS/c1-13(2)19-12-16(9-10-22-19)26-24-21(25)23-20-17-7-3-5-14(17)11-15-6-4-8-18(15)20/h9-13H,3-8H2,1-2H3,(H2,23,24,25). The van der Waals surface area contributed by atoms with Crippen LogP contribution in [0.5, 0.6) is 0 Å². The number of nitrogens with one attached hydrogen (secondary N) is 2. The lowest BCUT2D eigenvalue weighted by Gasteiger charge is -2.16. The summed E-state index contributed by atoms with van der Waals surface area (Å²) in [6.07, 6.45) is 8.62. The number of anilines is 1. The third-order valence-electron chi connectivity index (χ3n) is 5.32. The molecule has 2 aliphatic carbocycles.